The lowest BCUT2D eigenvalue weighted by Gasteiger charge is -2.31. The molecule has 1 aromatic rings. The predicted molar refractivity (Wildman–Crippen MR) is 83.1 cm³/mol. The van der Waals surface area contributed by atoms with Gasteiger partial charge in [-0.15, -0.1) is 0 Å². The van der Waals surface area contributed by atoms with Gasteiger partial charge in [0.1, 0.15) is 0 Å². The normalized spacial score (nSPS) is 25.9. The first-order chi connectivity index (χ1) is 9.86. The summed E-state index contributed by atoms with van der Waals surface area (Å²) in [7, 11) is 0. The molecule has 1 saturated carbocycles. The molecule has 2 fully saturated rings. The van der Waals surface area contributed by atoms with Crippen molar-refractivity contribution in [2.45, 2.75) is 44.7 Å². The topological polar surface area (TPSA) is 29.3 Å². The lowest BCUT2D eigenvalue weighted by atomic mass is 9.85. The van der Waals surface area contributed by atoms with E-state index >= 15 is 0 Å². The van der Waals surface area contributed by atoms with Crippen LogP contribution in [0, 0.1) is 17.8 Å². The van der Waals surface area contributed by atoms with E-state index in [1.807, 2.05) is 0 Å². The van der Waals surface area contributed by atoms with Crippen molar-refractivity contribution in [2.75, 3.05) is 13.1 Å². The van der Waals surface area contributed by atoms with E-state index in [1.165, 1.54) is 44.2 Å². The molecule has 2 N–H and O–H groups in total. The molecule has 2 aliphatic rings. The van der Waals surface area contributed by atoms with E-state index in [0.717, 1.165) is 24.1 Å². The van der Waals surface area contributed by atoms with Gasteiger partial charge in [-0.2, -0.15) is 0 Å². The molecule has 0 spiro atoms. The summed E-state index contributed by atoms with van der Waals surface area (Å²) >= 11 is 0. The molecule has 0 bridgehead atoms. The summed E-state index contributed by atoms with van der Waals surface area (Å²) in [5, 5.41) is 0. The summed E-state index contributed by atoms with van der Waals surface area (Å²) in [6, 6.07) is 9.47. The van der Waals surface area contributed by atoms with Crippen molar-refractivity contribution >= 4 is 0 Å². The smallest absolute Gasteiger partial charge is 0.0555 e. The van der Waals surface area contributed by atoms with Crippen molar-refractivity contribution in [1.29, 1.82) is 0 Å². The molecule has 1 aromatic carbocycles. The third-order valence-corrected chi connectivity index (χ3v) is 4.77. The largest absolute Gasteiger partial charge is 0.320 e. The standard InChI is InChI=1S/C18H24N2/c19-11-4-7-15-5-3-6-16(13-15)14-20-12-10-17-8-1-2-9-18(17)20/h3,5-6,13,17-18H,1-2,8-12,14,19H2. The van der Waals surface area contributed by atoms with E-state index in [4.69, 9.17) is 5.73 Å². The summed E-state index contributed by atoms with van der Waals surface area (Å²) in [5.74, 6) is 7.03. The molecule has 2 nitrogen and oxygen atoms in total. The van der Waals surface area contributed by atoms with Gasteiger partial charge in [0.15, 0.2) is 0 Å². The van der Waals surface area contributed by atoms with Gasteiger partial charge in [-0.05, 0) is 49.4 Å². The van der Waals surface area contributed by atoms with E-state index in [0.29, 0.717) is 6.54 Å². The number of nitrogens with two attached hydrogens (primary N) is 1. The zero-order chi connectivity index (χ0) is 13.8. The average Bonchev–Trinajstić information content (AvgIpc) is 2.89. The molecule has 3 rings (SSSR count). The van der Waals surface area contributed by atoms with Crippen LogP contribution in [0.2, 0.25) is 0 Å². The van der Waals surface area contributed by atoms with E-state index in [1.54, 1.807) is 0 Å². The predicted octanol–water partition coefficient (Wildman–Crippen LogP) is 2.76. The molecule has 2 atom stereocenters. The fourth-order valence-corrected chi connectivity index (χ4v) is 3.83. The molecule has 106 valence electrons. The van der Waals surface area contributed by atoms with E-state index in [2.05, 4.69) is 41.0 Å². The summed E-state index contributed by atoms with van der Waals surface area (Å²) < 4.78 is 0. The minimum Gasteiger partial charge on any atom is -0.320 e. The molecular weight excluding hydrogens is 244 g/mol. The Balaban J connectivity index is 1.68. The molecular formula is C18H24N2. The quantitative estimate of drug-likeness (QED) is 0.836. The maximum Gasteiger partial charge on any atom is 0.0555 e. The first kappa shape index (κ1) is 13.7. The Hall–Kier alpha value is -1.30. The van der Waals surface area contributed by atoms with Crippen molar-refractivity contribution in [3.05, 3.63) is 35.4 Å². The summed E-state index contributed by atoms with van der Waals surface area (Å²) in [6.45, 7) is 2.79. The molecule has 0 radical (unpaired) electrons. The minimum atomic E-state index is 0.431. The Kier molecular flexibility index (Phi) is 4.40. The SMILES string of the molecule is NCC#Cc1cccc(CN2CCC3CCCCC32)c1. The number of hydrogen-bond acceptors (Lipinski definition) is 2. The van der Waals surface area contributed by atoms with E-state index in [9.17, 15) is 0 Å². The number of likely N-dealkylation sites (tertiary alicyclic amines) is 1. The molecule has 1 aliphatic heterocycles. The van der Waals surface area contributed by atoms with Crippen LogP contribution >= 0.6 is 0 Å². The second kappa shape index (κ2) is 6.43. The molecule has 1 aliphatic carbocycles. The average molecular weight is 268 g/mol. The molecule has 0 aromatic heterocycles. The van der Waals surface area contributed by atoms with Gasteiger partial charge in [-0.1, -0.05) is 36.8 Å². The summed E-state index contributed by atoms with van der Waals surface area (Å²) in [5.41, 5.74) is 7.92. The highest BCUT2D eigenvalue weighted by Crippen LogP contribution is 2.36. The van der Waals surface area contributed by atoms with Crippen molar-refractivity contribution in [3.63, 3.8) is 0 Å². The highest BCUT2D eigenvalue weighted by Gasteiger charge is 2.35. The van der Waals surface area contributed by atoms with E-state index in [-0.39, 0.29) is 0 Å². The second-order valence-corrected chi connectivity index (χ2v) is 6.08. The molecule has 2 heteroatoms. The van der Waals surface area contributed by atoms with Crippen LogP contribution in [-0.2, 0) is 6.54 Å². The van der Waals surface area contributed by atoms with Gasteiger partial charge < -0.3 is 5.73 Å². The fraction of sp³-hybridized carbons (Fsp3) is 0.556. The summed E-state index contributed by atoms with van der Waals surface area (Å²) in [6.07, 6.45) is 7.11. The Bertz CT molecular complexity index is 512. The van der Waals surface area contributed by atoms with Gasteiger partial charge in [-0.25, -0.2) is 0 Å². The van der Waals surface area contributed by atoms with Gasteiger partial charge in [0.2, 0.25) is 0 Å². The Morgan fingerprint density at radius 2 is 2.10 bits per heavy atom. The van der Waals surface area contributed by atoms with Gasteiger partial charge in [0.25, 0.3) is 0 Å². The molecule has 1 saturated heterocycles. The number of hydrogen-bond donors (Lipinski definition) is 1. The third kappa shape index (κ3) is 3.06. The number of benzene rings is 1. The van der Waals surface area contributed by atoms with Crippen LogP contribution in [-0.4, -0.2) is 24.0 Å². The third-order valence-electron chi connectivity index (χ3n) is 4.77. The van der Waals surface area contributed by atoms with Gasteiger partial charge in [0.05, 0.1) is 6.54 Å². The van der Waals surface area contributed by atoms with E-state index < -0.39 is 0 Å². The fourth-order valence-electron chi connectivity index (χ4n) is 3.83. The van der Waals surface area contributed by atoms with Crippen LogP contribution in [0.5, 0.6) is 0 Å². The zero-order valence-corrected chi connectivity index (χ0v) is 12.1. The Morgan fingerprint density at radius 3 is 3.00 bits per heavy atom. The Morgan fingerprint density at radius 1 is 1.20 bits per heavy atom. The highest BCUT2D eigenvalue weighted by molar-refractivity contribution is 5.37. The van der Waals surface area contributed by atoms with Crippen LogP contribution in [0.3, 0.4) is 0 Å². The molecule has 20 heavy (non-hydrogen) atoms. The lowest BCUT2D eigenvalue weighted by molar-refractivity contribution is 0.176. The second-order valence-electron chi connectivity index (χ2n) is 6.08. The van der Waals surface area contributed by atoms with Crippen molar-refractivity contribution in [1.82, 2.24) is 4.90 Å². The lowest BCUT2D eigenvalue weighted by Crippen LogP contribution is -2.34. The highest BCUT2D eigenvalue weighted by atomic mass is 15.2. The first-order valence-electron chi connectivity index (χ1n) is 7.89. The first-order valence-corrected chi connectivity index (χ1v) is 7.89. The van der Waals surface area contributed by atoms with Crippen molar-refractivity contribution in [3.8, 4) is 11.8 Å². The van der Waals surface area contributed by atoms with Crippen molar-refractivity contribution < 1.29 is 0 Å². The molecule has 2 unspecified atom stereocenters. The van der Waals surface area contributed by atoms with Gasteiger partial charge >= 0.3 is 0 Å². The summed E-state index contributed by atoms with van der Waals surface area (Å²) in [4.78, 5) is 2.69. The Labute approximate surface area is 122 Å². The number of fused-ring (bicyclic) bond motifs is 1. The molecule has 1 heterocycles. The maximum absolute atomic E-state index is 5.44. The maximum atomic E-state index is 5.44. The van der Waals surface area contributed by atoms with Crippen LogP contribution in [0.4, 0.5) is 0 Å². The monoisotopic (exact) mass is 268 g/mol. The number of rotatable bonds is 2. The van der Waals surface area contributed by atoms with Crippen LogP contribution in [0.1, 0.15) is 43.2 Å². The van der Waals surface area contributed by atoms with Gasteiger partial charge in [-0.3, -0.25) is 4.90 Å². The molecule has 0 amide bonds. The van der Waals surface area contributed by atoms with Crippen molar-refractivity contribution in [2.24, 2.45) is 11.7 Å². The minimum absolute atomic E-state index is 0.431. The van der Waals surface area contributed by atoms with Crippen LogP contribution < -0.4 is 5.73 Å². The van der Waals surface area contributed by atoms with Crippen LogP contribution in [0.25, 0.3) is 0 Å². The van der Waals surface area contributed by atoms with Crippen LogP contribution in [0.15, 0.2) is 24.3 Å². The zero-order valence-electron chi connectivity index (χ0n) is 12.1. The van der Waals surface area contributed by atoms with Gasteiger partial charge in [0, 0.05) is 18.2 Å². The number of nitrogens with zero attached hydrogens (tertiary/aromatic N) is 1.